The van der Waals surface area contributed by atoms with Crippen molar-refractivity contribution in [3.05, 3.63) is 29.8 Å². The summed E-state index contributed by atoms with van der Waals surface area (Å²) >= 11 is 0. The van der Waals surface area contributed by atoms with Crippen molar-refractivity contribution in [2.45, 2.75) is 25.9 Å². The Balaban J connectivity index is 2.66. The monoisotopic (exact) mass is 216 g/mol. The maximum atomic E-state index is 12.3. The number of unbranched alkanes of at least 4 members (excludes halogenated alkanes) is 1. The van der Waals surface area contributed by atoms with E-state index in [1.807, 2.05) is 6.92 Å². The molecule has 0 unspecified atom stereocenters. The van der Waals surface area contributed by atoms with Crippen molar-refractivity contribution in [1.82, 2.24) is 0 Å². The van der Waals surface area contributed by atoms with Gasteiger partial charge in [0, 0.05) is 12.2 Å². The van der Waals surface area contributed by atoms with Crippen LogP contribution in [0.5, 0.6) is 0 Å². The second-order valence-electron chi connectivity index (χ2n) is 3.29. The van der Waals surface area contributed by atoms with E-state index in [-0.39, 0.29) is 0 Å². The highest BCUT2D eigenvalue weighted by molar-refractivity contribution is 5.45. The Bertz CT molecular complexity index is 307. The van der Waals surface area contributed by atoms with Crippen molar-refractivity contribution >= 4 is 5.69 Å². The number of hydrogen-bond acceptors (Lipinski definition) is 1. The van der Waals surface area contributed by atoms with Crippen LogP contribution in [-0.4, -0.2) is 6.54 Å². The van der Waals surface area contributed by atoms with Gasteiger partial charge in [-0.15, -0.1) is 0 Å². The van der Waals surface area contributed by atoms with Crippen LogP contribution in [0, 0.1) is 6.07 Å². The molecule has 0 aliphatic rings. The van der Waals surface area contributed by atoms with Crippen LogP contribution in [0.25, 0.3) is 0 Å². The zero-order valence-corrected chi connectivity index (χ0v) is 8.49. The average molecular weight is 216 g/mol. The SMILES string of the molecule is CCCCNc1c[c]cc(C(F)(F)F)c1. The van der Waals surface area contributed by atoms with E-state index in [1.165, 1.54) is 6.07 Å². The van der Waals surface area contributed by atoms with E-state index >= 15 is 0 Å². The van der Waals surface area contributed by atoms with Gasteiger partial charge in [-0.3, -0.25) is 0 Å². The minimum atomic E-state index is -4.29. The third-order valence-electron chi connectivity index (χ3n) is 1.98. The van der Waals surface area contributed by atoms with Crippen LogP contribution in [0.3, 0.4) is 0 Å². The van der Waals surface area contributed by atoms with E-state index < -0.39 is 11.7 Å². The molecule has 83 valence electrons. The lowest BCUT2D eigenvalue weighted by Gasteiger charge is -2.09. The van der Waals surface area contributed by atoms with Crippen LogP contribution < -0.4 is 5.32 Å². The standard InChI is InChI=1S/C11H13F3N/c1-2-3-7-15-10-6-4-5-9(8-10)11(12,13)14/h5-6,8,15H,2-3,7H2,1H3. The second kappa shape index (κ2) is 5.05. The molecule has 0 saturated heterocycles. The smallest absolute Gasteiger partial charge is 0.385 e. The largest absolute Gasteiger partial charge is 0.416 e. The van der Waals surface area contributed by atoms with Crippen molar-refractivity contribution in [2.75, 3.05) is 11.9 Å². The van der Waals surface area contributed by atoms with Gasteiger partial charge in [-0.05, 0) is 30.7 Å². The molecule has 0 aliphatic carbocycles. The highest BCUT2D eigenvalue weighted by Gasteiger charge is 2.30. The lowest BCUT2D eigenvalue weighted by Crippen LogP contribution is -2.07. The maximum absolute atomic E-state index is 12.3. The van der Waals surface area contributed by atoms with E-state index in [4.69, 9.17) is 0 Å². The summed E-state index contributed by atoms with van der Waals surface area (Å²) in [6.45, 7) is 2.71. The summed E-state index contributed by atoms with van der Waals surface area (Å²) in [7, 11) is 0. The Labute approximate surface area is 87.3 Å². The number of rotatable bonds is 4. The molecule has 0 saturated carbocycles. The number of alkyl halides is 3. The van der Waals surface area contributed by atoms with Crippen molar-refractivity contribution in [3.8, 4) is 0 Å². The van der Waals surface area contributed by atoms with Crippen LogP contribution in [-0.2, 0) is 6.18 Å². The van der Waals surface area contributed by atoms with Gasteiger partial charge in [0.1, 0.15) is 0 Å². The summed E-state index contributed by atoms with van der Waals surface area (Å²) in [4.78, 5) is 0. The fourth-order valence-electron chi connectivity index (χ4n) is 1.15. The molecule has 0 fully saturated rings. The van der Waals surface area contributed by atoms with Crippen molar-refractivity contribution in [2.24, 2.45) is 0 Å². The molecule has 1 N–H and O–H groups in total. The molecule has 4 heteroatoms. The zero-order chi connectivity index (χ0) is 11.3. The summed E-state index contributed by atoms with van der Waals surface area (Å²) in [5, 5.41) is 2.93. The van der Waals surface area contributed by atoms with Crippen LogP contribution in [0.1, 0.15) is 25.3 Å². The minimum absolute atomic E-state index is 0.471. The van der Waals surface area contributed by atoms with Crippen LogP contribution >= 0.6 is 0 Å². The summed E-state index contributed by atoms with van der Waals surface area (Å²) in [5.41, 5.74) is -0.192. The first kappa shape index (κ1) is 11.9. The highest BCUT2D eigenvalue weighted by atomic mass is 19.4. The topological polar surface area (TPSA) is 12.0 Å². The molecule has 0 bridgehead atoms. The number of hydrogen-bond donors (Lipinski definition) is 1. The molecule has 1 nitrogen and oxygen atoms in total. The van der Waals surface area contributed by atoms with E-state index in [0.29, 0.717) is 12.2 Å². The average Bonchev–Trinajstić information content (AvgIpc) is 2.17. The summed E-state index contributed by atoms with van der Waals surface area (Å²) in [6.07, 6.45) is -2.34. The molecule has 15 heavy (non-hydrogen) atoms. The molecular weight excluding hydrogens is 203 g/mol. The van der Waals surface area contributed by atoms with Crippen molar-refractivity contribution in [1.29, 1.82) is 0 Å². The molecule has 0 spiro atoms. The Morgan fingerprint density at radius 1 is 1.33 bits per heavy atom. The number of anilines is 1. The first-order valence-corrected chi connectivity index (χ1v) is 4.86. The Morgan fingerprint density at radius 3 is 2.67 bits per heavy atom. The van der Waals surface area contributed by atoms with Gasteiger partial charge >= 0.3 is 6.18 Å². The second-order valence-corrected chi connectivity index (χ2v) is 3.29. The molecule has 0 heterocycles. The van der Waals surface area contributed by atoms with Crippen LogP contribution in [0.4, 0.5) is 18.9 Å². The summed E-state index contributed by atoms with van der Waals surface area (Å²) in [5.74, 6) is 0. The lowest BCUT2D eigenvalue weighted by molar-refractivity contribution is -0.137. The van der Waals surface area contributed by atoms with Gasteiger partial charge < -0.3 is 5.32 Å². The Morgan fingerprint density at radius 2 is 2.07 bits per heavy atom. The first-order chi connectivity index (χ1) is 7.04. The van der Waals surface area contributed by atoms with E-state index in [2.05, 4.69) is 11.4 Å². The molecule has 0 amide bonds. The molecular formula is C11H13F3N. The van der Waals surface area contributed by atoms with Crippen molar-refractivity contribution < 1.29 is 13.2 Å². The van der Waals surface area contributed by atoms with Gasteiger partial charge in [0.2, 0.25) is 0 Å². The molecule has 0 aromatic heterocycles. The number of benzene rings is 1. The molecule has 0 atom stereocenters. The summed E-state index contributed by atoms with van der Waals surface area (Å²) in [6, 6.07) is 6.05. The van der Waals surface area contributed by atoms with Gasteiger partial charge in [0.25, 0.3) is 0 Å². The molecule has 1 aromatic rings. The summed E-state index contributed by atoms with van der Waals surface area (Å²) < 4.78 is 36.9. The van der Waals surface area contributed by atoms with Crippen molar-refractivity contribution in [3.63, 3.8) is 0 Å². The predicted octanol–water partition coefficient (Wildman–Crippen LogP) is 3.72. The van der Waals surface area contributed by atoms with Crippen LogP contribution in [0.15, 0.2) is 18.2 Å². The third kappa shape index (κ3) is 3.81. The molecule has 0 aliphatic heterocycles. The maximum Gasteiger partial charge on any atom is 0.416 e. The molecule has 1 rings (SSSR count). The van der Waals surface area contributed by atoms with Gasteiger partial charge in [0.15, 0.2) is 0 Å². The minimum Gasteiger partial charge on any atom is -0.385 e. The fraction of sp³-hybridized carbons (Fsp3) is 0.455. The quantitative estimate of drug-likeness (QED) is 0.756. The molecule has 1 aromatic carbocycles. The lowest BCUT2D eigenvalue weighted by atomic mass is 10.2. The van der Waals surface area contributed by atoms with Gasteiger partial charge in [-0.1, -0.05) is 13.3 Å². The first-order valence-electron chi connectivity index (χ1n) is 4.86. The number of nitrogens with one attached hydrogen (secondary N) is 1. The fourth-order valence-corrected chi connectivity index (χ4v) is 1.15. The normalized spacial score (nSPS) is 11.5. The number of halogens is 3. The molecule has 1 radical (unpaired) electrons. The van der Waals surface area contributed by atoms with Gasteiger partial charge in [0.05, 0.1) is 5.56 Å². The predicted molar refractivity (Wildman–Crippen MR) is 53.7 cm³/mol. The van der Waals surface area contributed by atoms with Crippen LogP contribution in [0.2, 0.25) is 0 Å². The van der Waals surface area contributed by atoms with Gasteiger partial charge in [-0.2, -0.15) is 13.2 Å². The van der Waals surface area contributed by atoms with E-state index in [0.717, 1.165) is 25.0 Å². The van der Waals surface area contributed by atoms with E-state index in [9.17, 15) is 13.2 Å². The Hall–Kier alpha value is -1.19. The zero-order valence-electron chi connectivity index (χ0n) is 8.49. The van der Waals surface area contributed by atoms with E-state index in [1.54, 1.807) is 0 Å². The Kier molecular flexibility index (Phi) is 4.00. The van der Waals surface area contributed by atoms with Gasteiger partial charge in [-0.25, -0.2) is 0 Å². The third-order valence-corrected chi connectivity index (χ3v) is 1.98. The highest BCUT2D eigenvalue weighted by Crippen LogP contribution is 2.30.